The van der Waals surface area contributed by atoms with Gasteiger partial charge in [0.2, 0.25) is 0 Å². The molecule has 0 aliphatic rings. The normalized spacial score (nSPS) is 10.9. The van der Waals surface area contributed by atoms with Crippen molar-refractivity contribution in [3.63, 3.8) is 0 Å². The van der Waals surface area contributed by atoms with Crippen molar-refractivity contribution in [2.45, 2.75) is 13.5 Å². The molecule has 5 nitrogen and oxygen atoms in total. The van der Waals surface area contributed by atoms with Gasteiger partial charge >= 0.3 is 0 Å². The first-order chi connectivity index (χ1) is 13.1. The number of halogens is 1. The van der Waals surface area contributed by atoms with Gasteiger partial charge in [0.05, 0.1) is 12.1 Å². The summed E-state index contributed by atoms with van der Waals surface area (Å²) in [6, 6.07) is 21.2. The third-order valence-electron chi connectivity index (χ3n) is 4.41. The summed E-state index contributed by atoms with van der Waals surface area (Å²) >= 11 is 3.43. The molecule has 4 rings (SSSR count). The number of amides is 1. The number of rotatable bonds is 4. The molecule has 0 aliphatic carbocycles. The van der Waals surface area contributed by atoms with Gasteiger partial charge in [-0.2, -0.15) is 0 Å². The first-order valence-electron chi connectivity index (χ1n) is 8.55. The molecule has 4 aromatic rings. The molecule has 0 atom stereocenters. The van der Waals surface area contributed by atoms with Crippen molar-refractivity contribution in [2.24, 2.45) is 0 Å². The average Bonchev–Trinajstić information content (AvgIpc) is 3.08. The van der Waals surface area contributed by atoms with Crippen molar-refractivity contribution in [2.75, 3.05) is 5.32 Å². The van der Waals surface area contributed by atoms with Gasteiger partial charge in [-0.25, -0.2) is 4.68 Å². The van der Waals surface area contributed by atoms with E-state index in [0.29, 0.717) is 12.1 Å². The quantitative estimate of drug-likeness (QED) is 0.515. The van der Waals surface area contributed by atoms with E-state index >= 15 is 0 Å². The summed E-state index contributed by atoms with van der Waals surface area (Å²) in [5.74, 6) is -0.127. The lowest BCUT2D eigenvalue weighted by atomic mass is 10.1. The monoisotopic (exact) mass is 420 g/mol. The van der Waals surface area contributed by atoms with E-state index in [0.717, 1.165) is 32.3 Å². The van der Waals surface area contributed by atoms with Gasteiger partial charge in [0.1, 0.15) is 5.52 Å². The first kappa shape index (κ1) is 17.4. The van der Waals surface area contributed by atoms with Crippen LogP contribution in [0.1, 0.15) is 21.5 Å². The van der Waals surface area contributed by atoms with E-state index in [-0.39, 0.29) is 5.91 Å². The molecule has 1 N–H and O–H groups in total. The van der Waals surface area contributed by atoms with Crippen LogP contribution in [0.2, 0.25) is 0 Å². The number of benzene rings is 3. The predicted molar refractivity (Wildman–Crippen MR) is 110 cm³/mol. The number of aryl methyl sites for hydroxylation is 1. The average molecular weight is 421 g/mol. The van der Waals surface area contributed by atoms with Crippen LogP contribution in [0.3, 0.4) is 0 Å². The summed E-state index contributed by atoms with van der Waals surface area (Å²) in [6.45, 7) is 2.57. The Kier molecular flexibility index (Phi) is 4.73. The third kappa shape index (κ3) is 3.75. The zero-order valence-corrected chi connectivity index (χ0v) is 16.3. The Morgan fingerprint density at radius 1 is 1.07 bits per heavy atom. The minimum atomic E-state index is -0.127. The summed E-state index contributed by atoms with van der Waals surface area (Å²) in [5.41, 5.74) is 5.35. The maximum absolute atomic E-state index is 12.5. The van der Waals surface area contributed by atoms with Crippen LogP contribution in [0.15, 0.2) is 71.2 Å². The highest BCUT2D eigenvalue weighted by atomic mass is 79.9. The predicted octanol–water partition coefficient (Wildman–Crippen LogP) is 4.80. The van der Waals surface area contributed by atoms with Crippen molar-refractivity contribution in [1.29, 1.82) is 0 Å². The lowest BCUT2D eigenvalue weighted by molar-refractivity contribution is 0.102. The fourth-order valence-corrected chi connectivity index (χ4v) is 3.41. The van der Waals surface area contributed by atoms with Crippen molar-refractivity contribution >= 4 is 38.6 Å². The maximum atomic E-state index is 12.5. The van der Waals surface area contributed by atoms with Gasteiger partial charge < -0.3 is 5.32 Å². The van der Waals surface area contributed by atoms with Crippen LogP contribution in [-0.2, 0) is 6.54 Å². The summed E-state index contributed by atoms with van der Waals surface area (Å²) < 4.78 is 2.85. The van der Waals surface area contributed by atoms with Gasteiger partial charge in [-0.3, -0.25) is 4.79 Å². The van der Waals surface area contributed by atoms with Crippen molar-refractivity contribution in [1.82, 2.24) is 15.0 Å². The fourth-order valence-electron chi connectivity index (χ4n) is 2.93. The molecule has 0 aliphatic heterocycles. The van der Waals surface area contributed by atoms with Gasteiger partial charge in [-0.15, -0.1) is 5.10 Å². The molecule has 0 bridgehead atoms. The molecule has 0 unspecified atom stereocenters. The van der Waals surface area contributed by atoms with Crippen LogP contribution in [0.4, 0.5) is 5.69 Å². The highest BCUT2D eigenvalue weighted by Crippen LogP contribution is 2.21. The zero-order chi connectivity index (χ0) is 18.8. The second-order valence-corrected chi connectivity index (χ2v) is 7.26. The number of nitrogens with zero attached hydrogens (tertiary/aromatic N) is 3. The van der Waals surface area contributed by atoms with E-state index in [1.807, 2.05) is 78.3 Å². The molecule has 1 aromatic heterocycles. The molecule has 0 radical (unpaired) electrons. The SMILES string of the molecule is Cc1cc(Br)ccc1NC(=O)c1ccc(Cn2nnc3ccccc32)cc1. The Bertz CT molecular complexity index is 1120. The van der Waals surface area contributed by atoms with E-state index in [4.69, 9.17) is 0 Å². The molecule has 0 fully saturated rings. The zero-order valence-electron chi connectivity index (χ0n) is 14.7. The Labute approximate surface area is 165 Å². The van der Waals surface area contributed by atoms with E-state index in [2.05, 4.69) is 31.6 Å². The highest BCUT2D eigenvalue weighted by Gasteiger charge is 2.09. The minimum Gasteiger partial charge on any atom is -0.322 e. The van der Waals surface area contributed by atoms with Crippen LogP contribution >= 0.6 is 15.9 Å². The van der Waals surface area contributed by atoms with Gasteiger partial charge in [-0.1, -0.05) is 45.4 Å². The largest absolute Gasteiger partial charge is 0.322 e. The number of anilines is 1. The van der Waals surface area contributed by atoms with E-state index in [1.54, 1.807) is 0 Å². The number of hydrogen-bond donors (Lipinski definition) is 1. The lowest BCUT2D eigenvalue weighted by Crippen LogP contribution is -2.13. The van der Waals surface area contributed by atoms with Gasteiger partial charge in [0, 0.05) is 15.7 Å². The summed E-state index contributed by atoms with van der Waals surface area (Å²) in [6.07, 6.45) is 0. The molecule has 0 spiro atoms. The van der Waals surface area contributed by atoms with Gasteiger partial charge in [0.15, 0.2) is 0 Å². The van der Waals surface area contributed by atoms with Crippen LogP contribution in [0.25, 0.3) is 11.0 Å². The number of carbonyl (C=O) groups is 1. The Morgan fingerprint density at radius 3 is 2.63 bits per heavy atom. The summed E-state index contributed by atoms with van der Waals surface area (Å²) in [5, 5.41) is 11.3. The molecule has 27 heavy (non-hydrogen) atoms. The van der Waals surface area contributed by atoms with Crippen LogP contribution in [0.5, 0.6) is 0 Å². The topological polar surface area (TPSA) is 59.8 Å². The number of hydrogen-bond acceptors (Lipinski definition) is 3. The number of nitrogens with one attached hydrogen (secondary N) is 1. The fraction of sp³-hybridized carbons (Fsp3) is 0.0952. The van der Waals surface area contributed by atoms with Crippen molar-refractivity contribution < 1.29 is 4.79 Å². The molecule has 1 amide bonds. The second-order valence-electron chi connectivity index (χ2n) is 6.35. The smallest absolute Gasteiger partial charge is 0.255 e. The molecule has 0 saturated heterocycles. The minimum absolute atomic E-state index is 0.127. The molecular formula is C21H17BrN4O. The number of para-hydroxylation sites is 1. The van der Waals surface area contributed by atoms with Crippen molar-refractivity contribution in [3.05, 3.63) is 87.9 Å². The van der Waals surface area contributed by atoms with E-state index < -0.39 is 0 Å². The lowest BCUT2D eigenvalue weighted by Gasteiger charge is -2.09. The maximum Gasteiger partial charge on any atom is 0.255 e. The van der Waals surface area contributed by atoms with Crippen LogP contribution < -0.4 is 5.32 Å². The molecule has 0 saturated carbocycles. The second kappa shape index (κ2) is 7.32. The first-order valence-corrected chi connectivity index (χ1v) is 9.34. The molecule has 6 heteroatoms. The van der Waals surface area contributed by atoms with E-state index in [1.165, 1.54) is 0 Å². The van der Waals surface area contributed by atoms with Crippen LogP contribution in [0, 0.1) is 6.92 Å². The van der Waals surface area contributed by atoms with Crippen molar-refractivity contribution in [3.8, 4) is 0 Å². The molecule has 1 heterocycles. The standard InChI is InChI=1S/C21H17BrN4O/c1-14-12-17(22)10-11-18(14)23-21(27)16-8-6-15(7-9-16)13-26-20-5-3-2-4-19(20)24-25-26/h2-12H,13H2,1H3,(H,23,27). The molecular weight excluding hydrogens is 404 g/mol. The van der Waals surface area contributed by atoms with Crippen LogP contribution in [-0.4, -0.2) is 20.9 Å². The molecule has 3 aromatic carbocycles. The Balaban J connectivity index is 1.49. The summed E-state index contributed by atoms with van der Waals surface area (Å²) in [7, 11) is 0. The summed E-state index contributed by atoms with van der Waals surface area (Å²) in [4.78, 5) is 12.5. The van der Waals surface area contributed by atoms with Gasteiger partial charge in [-0.05, 0) is 60.5 Å². The molecule has 134 valence electrons. The number of fused-ring (bicyclic) bond motifs is 1. The Hall–Kier alpha value is -2.99. The third-order valence-corrected chi connectivity index (χ3v) is 4.90. The Morgan fingerprint density at radius 2 is 1.85 bits per heavy atom. The highest BCUT2D eigenvalue weighted by molar-refractivity contribution is 9.10. The van der Waals surface area contributed by atoms with Gasteiger partial charge in [0.25, 0.3) is 5.91 Å². The van der Waals surface area contributed by atoms with E-state index in [9.17, 15) is 4.79 Å². The number of aromatic nitrogens is 3. The number of carbonyl (C=O) groups excluding carboxylic acids is 1.